The van der Waals surface area contributed by atoms with Crippen LogP contribution < -0.4 is 0 Å². The molecule has 0 aromatic carbocycles. The van der Waals surface area contributed by atoms with Gasteiger partial charge in [-0.05, 0) is 12.8 Å². The van der Waals surface area contributed by atoms with Crippen molar-refractivity contribution < 1.29 is 17.9 Å². The summed E-state index contributed by atoms with van der Waals surface area (Å²) in [5.74, 6) is -0.747. The smallest absolute Gasteiger partial charge is 0.309 e. The predicted octanol–water partition coefficient (Wildman–Crippen LogP) is 0.508. The molecule has 6 heteroatoms. The second-order valence-corrected chi connectivity index (χ2v) is 5.58. The van der Waals surface area contributed by atoms with E-state index in [1.807, 2.05) is 0 Å². The maximum atomic E-state index is 10.8. The van der Waals surface area contributed by atoms with E-state index in [1.54, 1.807) is 0 Å². The molecule has 1 fully saturated rings. The van der Waals surface area contributed by atoms with Crippen molar-refractivity contribution in [1.82, 2.24) is 0 Å². The van der Waals surface area contributed by atoms with Crippen LogP contribution in [0.2, 0.25) is 0 Å². The van der Waals surface area contributed by atoms with Crippen molar-refractivity contribution in [2.75, 3.05) is 12.4 Å². The van der Waals surface area contributed by atoms with Crippen LogP contribution in [0.3, 0.4) is 0 Å². The Hall–Kier alpha value is -0.290. The van der Waals surface area contributed by atoms with Crippen LogP contribution in [0.5, 0.6) is 0 Å². The van der Waals surface area contributed by atoms with Crippen LogP contribution in [0, 0.1) is 5.92 Å². The van der Waals surface area contributed by atoms with E-state index in [-0.39, 0.29) is 24.1 Å². The zero-order chi connectivity index (χ0) is 9.19. The number of carbonyl (C=O) groups is 1. The summed E-state index contributed by atoms with van der Waals surface area (Å²) in [4.78, 5) is 10.8. The predicted molar refractivity (Wildman–Crippen MR) is 43.3 cm³/mol. The van der Waals surface area contributed by atoms with Crippen molar-refractivity contribution >= 4 is 25.7 Å². The molecule has 12 heavy (non-hydrogen) atoms. The van der Waals surface area contributed by atoms with Gasteiger partial charge in [0.15, 0.2) is 0 Å². The van der Waals surface area contributed by atoms with Gasteiger partial charge in [-0.1, -0.05) is 0 Å². The van der Waals surface area contributed by atoms with Gasteiger partial charge in [-0.3, -0.25) is 4.79 Å². The highest BCUT2D eigenvalue weighted by Crippen LogP contribution is 2.19. The number of hydrogen-bond donors (Lipinski definition) is 0. The number of ether oxygens (including phenoxy) is 1. The van der Waals surface area contributed by atoms with Gasteiger partial charge in [-0.15, -0.1) is 0 Å². The second-order valence-electron chi connectivity index (χ2n) is 2.68. The Balaban J connectivity index is 2.37. The topological polar surface area (TPSA) is 60.4 Å². The second kappa shape index (κ2) is 3.62. The minimum atomic E-state index is -3.47. The highest BCUT2D eigenvalue weighted by atomic mass is 35.7. The third-order valence-corrected chi connectivity index (χ3v) is 2.94. The van der Waals surface area contributed by atoms with Gasteiger partial charge < -0.3 is 4.74 Å². The monoisotopic (exact) mass is 212 g/mol. The molecule has 1 aliphatic rings. The van der Waals surface area contributed by atoms with Crippen LogP contribution in [0.1, 0.15) is 12.8 Å². The van der Waals surface area contributed by atoms with E-state index < -0.39 is 9.05 Å². The van der Waals surface area contributed by atoms with Crippen molar-refractivity contribution in [3.05, 3.63) is 0 Å². The van der Waals surface area contributed by atoms with Gasteiger partial charge in [0, 0.05) is 10.7 Å². The molecule has 1 saturated heterocycles. The van der Waals surface area contributed by atoms with Crippen LogP contribution in [0.25, 0.3) is 0 Å². The van der Waals surface area contributed by atoms with Gasteiger partial charge in [-0.25, -0.2) is 8.42 Å². The lowest BCUT2D eigenvalue weighted by Gasteiger charge is -2.01. The van der Waals surface area contributed by atoms with Crippen LogP contribution in [-0.4, -0.2) is 26.7 Å². The molecule has 0 aromatic heterocycles. The van der Waals surface area contributed by atoms with Gasteiger partial charge in [0.25, 0.3) is 0 Å². The summed E-state index contributed by atoms with van der Waals surface area (Å²) in [6.07, 6.45) is 0.871. The molecule has 1 atom stereocenters. The molecule has 70 valence electrons. The summed E-state index contributed by atoms with van der Waals surface area (Å²) in [6.45, 7) is 0.395. The van der Waals surface area contributed by atoms with E-state index in [0.717, 1.165) is 0 Å². The molecule has 0 amide bonds. The Morgan fingerprint density at radius 2 is 2.25 bits per heavy atom. The molecule has 0 spiro atoms. The lowest BCUT2D eigenvalue weighted by atomic mass is 10.1. The highest BCUT2D eigenvalue weighted by Gasteiger charge is 2.27. The summed E-state index contributed by atoms with van der Waals surface area (Å²) in [6, 6.07) is 0. The largest absolute Gasteiger partial charge is 0.465 e. The molecule has 0 radical (unpaired) electrons. The molecular weight excluding hydrogens is 204 g/mol. The van der Waals surface area contributed by atoms with Crippen molar-refractivity contribution in [3.63, 3.8) is 0 Å². The lowest BCUT2D eigenvalue weighted by molar-refractivity contribution is -0.141. The maximum absolute atomic E-state index is 10.8. The van der Waals surface area contributed by atoms with Gasteiger partial charge >= 0.3 is 5.97 Å². The third kappa shape index (κ3) is 2.98. The standard InChI is InChI=1S/C6H9ClO4S/c7-12(9,10)4-2-5-1-3-11-6(5)8/h5H,1-4H2. The summed E-state index contributed by atoms with van der Waals surface area (Å²) in [7, 11) is 1.51. The first kappa shape index (κ1) is 9.80. The molecule has 0 aromatic rings. The van der Waals surface area contributed by atoms with Crippen LogP contribution >= 0.6 is 10.7 Å². The Kier molecular flexibility index (Phi) is 2.95. The van der Waals surface area contributed by atoms with E-state index in [9.17, 15) is 13.2 Å². The zero-order valence-electron chi connectivity index (χ0n) is 6.32. The first-order valence-electron chi connectivity index (χ1n) is 3.58. The molecule has 1 aliphatic heterocycles. The Morgan fingerprint density at radius 3 is 2.67 bits per heavy atom. The quantitative estimate of drug-likeness (QED) is 0.505. The van der Waals surface area contributed by atoms with Crippen molar-refractivity contribution in [3.8, 4) is 0 Å². The van der Waals surface area contributed by atoms with E-state index >= 15 is 0 Å². The first-order chi connectivity index (χ1) is 5.49. The number of hydrogen-bond acceptors (Lipinski definition) is 4. The fourth-order valence-electron chi connectivity index (χ4n) is 1.08. The first-order valence-corrected chi connectivity index (χ1v) is 6.06. The van der Waals surface area contributed by atoms with Gasteiger partial charge in [-0.2, -0.15) is 0 Å². The average molecular weight is 213 g/mol. The Labute approximate surface area is 75.3 Å². The minimum Gasteiger partial charge on any atom is -0.465 e. The third-order valence-electron chi connectivity index (χ3n) is 1.75. The normalized spacial score (nSPS) is 24.1. The summed E-state index contributed by atoms with van der Waals surface area (Å²) in [5.41, 5.74) is 0. The van der Waals surface area contributed by atoms with Gasteiger partial charge in [0.2, 0.25) is 9.05 Å². The van der Waals surface area contributed by atoms with Crippen molar-refractivity contribution in [2.24, 2.45) is 5.92 Å². The molecule has 4 nitrogen and oxygen atoms in total. The van der Waals surface area contributed by atoms with E-state index in [0.29, 0.717) is 13.0 Å². The van der Waals surface area contributed by atoms with Gasteiger partial charge in [0.05, 0.1) is 18.3 Å². The average Bonchev–Trinajstić information content (AvgIpc) is 2.29. The molecule has 1 rings (SSSR count). The molecule has 1 heterocycles. The SMILES string of the molecule is O=C1OCCC1CCS(=O)(=O)Cl. The number of carbonyl (C=O) groups excluding carboxylic acids is 1. The molecule has 0 bridgehead atoms. The fourth-order valence-corrected chi connectivity index (χ4v) is 1.92. The fraction of sp³-hybridized carbons (Fsp3) is 0.833. The summed E-state index contributed by atoms with van der Waals surface area (Å²) < 4.78 is 25.7. The van der Waals surface area contributed by atoms with E-state index in [2.05, 4.69) is 4.74 Å². The van der Waals surface area contributed by atoms with Gasteiger partial charge in [0.1, 0.15) is 0 Å². The Morgan fingerprint density at radius 1 is 1.58 bits per heavy atom. The molecule has 0 saturated carbocycles. The highest BCUT2D eigenvalue weighted by molar-refractivity contribution is 8.13. The summed E-state index contributed by atoms with van der Waals surface area (Å²) >= 11 is 0. The minimum absolute atomic E-state index is 0.158. The maximum Gasteiger partial charge on any atom is 0.309 e. The number of esters is 1. The summed E-state index contributed by atoms with van der Waals surface area (Å²) in [5, 5.41) is 0. The molecule has 1 unspecified atom stereocenters. The molecule has 0 aliphatic carbocycles. The number of halogens is 1. The molecule has 0 N–H and O–H groups in total. The van der Waals surface area contributed by atoms with Crippen molar-refractivity contribution in [2.45, 2.75) is 12.8 Å². The molecular formula is C6H9ClO4S. The van der Waals surface area contributed by atoms with Crippen LogP contribution in [0.4, 0.5) is 0 Å². The van der Waals surface area contributed by atoms with E-state index in [1.165, 1.54) is 0 Å². The van der Waals surface area contributed by atoms with Crippen LogP contribution in [-0.2, 0) is 18.6 Å². The van der Waals surface area contributed by atoms with Crippen molar-refractivity contribution in [1.29, 1.82) is 0 Å². The lowest BCUT2D eigenvalue weighted by Crippen LogP contribution is -2.11. The van der Waals surface area contributed by atoms with Crippen LogP contribution in [0.15, 0.2) is 0 Å². The van der Waals surface area contributed by atoms with E-state index in [4.69, 9.17) is 10.7 Å². The Bertz CT molecular complexity index is 271. The zero-order valence-corrected chi connectivity index (χ0v) is 7.90. The number of cyclic esters (lactones) is 1. The number of rotatable bonds is 3.